The lowest BCUT2D eigenvalue weighted by Crippen LogP contribution is -2.37. The van der Waals surface area contributed by atoms with Crippen molar-refractivity contribution in [1.82, 2.24) is 20.0 Å². The van der Waals surface area contributed by atoms with Crippen molar-refractivity contribution in [2.45, 2.75) is 44.7 Å². The van der Waals surface area contributed by atoms with Crippen molar-refractivity contribution in [3.05, 3.63) is 71.9 Å². The summed E-state index contributed by atoms with van der Waals surface area (Å²) in [6.45, 7) is 5.80. The van der Waals surface area contributed by atoms with E-state index >= 15 is 0 Å². The Labute approximate surface area is 186 Å². The van der Waals surface area contributed by atoms with Gasteiger partial charge in [-0.15, -0.1) is 0 Å². The van der Waals surface area contributed by atoms with Crippen molar-refractivity contribution in [2.75, 3.05) is 5.75 Å². The highest BCUT2D eigenvalue weighted by Gasteiger charge is 2.30. The van der Waals surface area contributed by atoms with Gasteiger partial charge >= 0.3 is 0 Å². The van der Waals surface area contributed by atoms with Gasteiger partial charge in [-0.25, -0.2) is 12.8 Å². The quantitative estimate of drug-likeness (QED) is 0.451. The summed E-state index contributed by atoms with van der Waals surface area (Å²) in [4.78, 5) is 23.0. The number of nitrogens with zero attached hydrogens (tertiary/aromatic N) is 4. The number of carbonyl (C=O) groups is 1. The first-order chi connectivity index (χ1) is 15.2. The van der Waals surface area contributed by atoms with E-state index in [9.17, 15) is 17.6 Å². The number of hydrogen-bond donors (Lipinski definition) is 0. The van der Waals surface area contributed by atoms with Crippen LogP contribution in [-0.4, -0.2) is 40.1 Å². The zero-order valence-corrected chi connectivity index (χ0v) is 18.9. The molecule has 2 aromatic heterocycles. The van der Waals surface area contributed by atoms with Gasteiger partial charge in [0.25, 0.3) is 0 Å². The Morgan fingerprint density at radius 3 is 2.47 bits per heavy atom. The van der Waals surface area contributed by atoms with Gasteiger partial charge in [0.2, 0.25) is 11.8 Å². The summed E-state index contributed by atoms with van der Waals surface area (Å²) in [5.74, 6) is -0.952. The normalized spacial score (nSPS) is 12.7. The minimum absolute atomic E-state index is 0.0572. The van der Waals surface area contributed by atoms with Crippen LogP contribution < -0.4 is 0 Å². The molecule has 0 aliphatic heterocycles. The first-order valence-corrected chi connectivity index (χ1v) is 11.8. The molecule has 8 nitrogen and oxygen atoms in total. The molecule has 1 aromatic carbocycles. The van der Waals surface area contributed by atoms with Crippen molar-refractivity contribution >= 4 is 15.7 Å². The SMILES string of the molecule is CC(C)Cc1noc(C(C)N(Cc2ccccn2)C(=O)CS(=O)(=O)c2ccc(F)cc2)n1. The minimum Gasteiger partial charge on any atom is -0.337 e. The van der Waals surface area contributed by atoms with E-state index in [0.717, 1.165) is 24.3 Å². The summed E-state index contributed by atoms with van der Waals surface area (Å²) in [6.07, 6.45) is 2.20. The summed E-state index contributed by atoms with van der Waals surface area (Å²) >= 11 is 0. The molecule has 0 radical (unpaired) electrons. The maximum atomic E-state index is 13.2. The highest BCUT2D eigenvalue weighted by molar-refractivity contribution is 7.92. The van der Waals surface area contributed by atoms with Gasteiger partial charge in [-0.2, -0.15) is 4.98 Å². The van der Waals surface area contributed by atoms with Gasteiger partial charge in [0.15, 0.2) is 15.7 Å². The standard InChI is InChI=1S/C22H25FN4O4S/c1-15(2)12-20-25-22(31-26-20)16(3)27(13-18-6-4-5-11-24-18)21(28)14-32(29,30)19-9-7-17(23)8-10-19/h4-11,15-16H,12-14H2,1-3H3. The highest BCUT2D eigenvalue weighted by Crippen LogP contribution is 2.23. The lowest BCUT2D eigenvalue weighted by atomic mass is 10.1. The molecule has 0 saturated carbocycles. The number of benzene rings is 1. The van der Waals surface area contributed by atoms with Crippen molar-refractivity contribution < 1.29 is 22.1 Å². The molecule has 3 aromatic rings. The molecule has 32 heavy (non-hydrogen) atoms. The summed E-state index contributed by atoms with van der Waals surface area (Å²) in [5, 5.41) is 3.96. The van der Waals surface area contributed by atoms with Crippen molar-refractivity contribution in [3.8, 4) is 0 Å². The Balaban J connectivity index is 1.87. The molecular formula is C22H25FN4O4S. The zero-order chi connectivity index (χ0) is 23.3. The summed E-state index contributed by atoms with van der Waals surface area (Å²) in [6, 6.07) is 8.94. The molecule has 3 rings (SSSR count). The van der Waals surface area contributed by atoms with Gasteiger partial charge in [-0.1, -0.05) is 25.1 Å². The lowest BCUT2D eigenvalue weighted by molar-refractivity contribution is -0.131. The van der Waals surface area contributed by atoms with E-state index in [1.54, 1.807) is 31.3 Å². The Bertz CT molecular complexity index is 1150. The van der Waals surface area contributed by atoms with E-state index in [1.165, 1.54) is 4.90 Å². The second kappa shape index (κ2) is 9.99. The third-order valence-electron chi connectivity index (χ3n) is 4.76. The number of halogens is 1. The second-order valence-corrected chi connectivity index (χ2v) is 9.87. The Morgan fingerprint density at radius 1 is 1.12 bits per heavy atom. The van der Waals surface area contributed by atoms with Crippen LogP contribution in [-0.2, 0) is 27.6 Å². The van der Waals surface area contributed by atoms with Crippen LogP contribution in [0.5, 0.6) is 0 Å². The van der Waals surface area contributed by atoms with Crippen LogP contribution in [0.2, 0.25) is 0 Å². The molecular weight excluding hydrogens is 435 g/mol. The zero-order valence-electron chi connectivity index (χ0n) is 18.1. The molecule has 0 spiro atoms. The topological polar surface area (TPSA) is 106 Å². The van der Waals surface area contributed by atoms with Crippen LogP contribution in [0.3, 0.4) is 0 Å². The fourth-order valence-corrected chi connectivity index (χ4v) is 4.30. The molecule has 0 fully saturated rings. The highest BCUT2D eigenvalue weighted by atomic mass is 32.2. The van der Waals surface area contributed by atoms with Gasteiger partial charge in [-0.05, 0) is 49.2 Å². The molecule has 1 unspecified atom stereocenters. The number of sulfone groups is 1. The van der Waals surface area contributed by atoms with Crippen LogP contribution in [0.1, 0.15) is 44.2 Å². The monoisotopic (exact) mass is 460 g/mol. The van der Waals surface area contributed by atoms with Crippen molar-refractivity contribution in [2.24, 2.45) is 5.92 Å². The average molecular weight is 461 g/mol. The van der Waals surface area contributed by atoms with Gasteiger partial charge in [-0.3, -0.25) is 9.78 Å². The van der Waals surface area contributed by atoms with Crippen LogP contribution in [0.15, 0.2) is 58.1 Å². The molecule has 170 valence electrons. The maximum Gasteiger partial charge on any atom is 0.249 e. The van der Waals surface area contributed by atoms with Gasteiger partial charge in [0.05, 0.1) is 17.1 Å². The smallest absolute Gasteiger partial charge is 0.249 e. The Kier molecular flexibility index (Phi) is 7.34. The predicted molar refractivity (Wildman–Crippen MR) is 114 cm³/mol. The number of rotatable bonds is 9. The minimum atomic E-state index is -3.98. The molecule has 2 heterocycles. The van der Waals surface area contributed by atoms with Gasteiger partial charge < -0.3 is 9.42 Å². The molecule has 10 heteroatoms. The average Bonchev–Trinajstić information content (AvgIpc) is 3.20. The predicted octanol–water partition coefficient (Wildman–Crippen LogP) is 3.37. The third kappa shape index (κ3) is 5.97. The van der Waals surface area contributed by atoms with Gasteiger partial charge in [0.1, 0.15) is 17.6 Å². The summed E-state index contributed by atoms with van der Waals surface area (Å²) in [7, 11) is -3.98. The van der Waals surface area contributed by atoms with E-state index in [0.29, 0.717) is 23.9 Å². The lowest BCUT2D eigenvalue weighted by Gasteiger charge is -2.26. The first-order valence-electron chi connectivity index (χ1n) is 10.2. The Morgan fingerprint density at radius 2 is 1.84 bits per heavy atom. The second-order valence-electron chi connectivity index (χ2n) is 7.88. The third-order valence-corrected chi connectivity index (χ3v) is 6.38. The summed E-state index contributed by atoms with van der Waals surface area (Å²) in [5.41, 5.74) is 0.578. The van der Waals surface area contributed by atoms with E-state index in [2.05, 4.69) is 15.1 Å². The van der Waals surface area contributed by atoms with Crippen LogP contribution >= 0.6 is 0 Å². The van der Waals surface area contributed by atoms with Crippen LogP contribution in [0.4, 0.5) is 4.39 Å². The molecule has 0 N–H and O–H groups in total. The maximum absolute atomic E-state index is 13.2. The number of carbonyl (C=O) groups excluding carboxylic acids is 1. The summed E-state index contributed by atoms with van der Waals surface area (Å²) < 4.78 is 44.1. The molecule has 1 atom stereocenters. The molecule has 0 aliphatic rings. The van der Waals surface area contributed by atoms with Crippen molar-refractivity contribution in [1.29, 1.82) is 0 Å². The molecule has 0 aliphatic carbocycles. The van der Waals surface area contributed by atoms with E-state index in [1.807, 2.05) is 13.8 Å². The van der Waals surface area contributed by atoms with Gasteiger partial charge in [0, 0.05) is 12.6 Å². The fraction of sp³-hybridized carbons (Fsp3) is 0.364. The van der Waals surface area contributed by atoms with Crippen LogP contribution in [0.25, 0.3) is 0 Å². The number of aromatic nitrogens is 3. The molecule has 0 saturated heterocycles. The van der Waals surface area contributed by atoms with E-state index in [-0.39, 0.29) is 17.3 Å². The number of amides is 1. The van der Waals surface area contributed by atoms with E-state index in [4.69, 9.17) is 4.52 Å². The fourth-order valence-electron chi connectivity index (χ4n) is 3.10. The largest absolute Gasteiger partial charge is 0.337 e. The van der Waals surface area contributed by atoms with Crippen LogP contribution in [0, 0.1) is 11.7 Å². The van der Waals surface area contributed by atoms with Crippen molar-refractivity contribution in [3.63, 3.8) is 0 Å². The Hall–Kier alpha value is -3.14. The first kappa shape index (κ1) is 23.5. The number of pyridine rings is 1. The number of hydrogen-bond acceptors (Lipinski definition) is 7. The van der Waals surface area contributed by atoms with E-state index < -0.39 is 33.4 Å². The molecule has 0 bridgehead atoms. The molecule has 1 amide bonds.